The first-order valence-electron chi connectivity index (χ1n) is 7.52. The minimum atomic E-state index is -0.280. The average molecular weight is 291 g/mol. The molecule has 2 unspecified atom stereocenters. The lowest BCUT2D eigenvalue weighted by Crippen LogP contribution is -2.45. The summed E-state index contributed by atoms with van der Waals surface area (Å²) in [5.74, 6) is 0.483. The Hall–Kier alpha value is -1.62. The molecule has 2 atom stereocenters. The van der Waals surface area contributed by atoms with E-state index in [-0.39, 0.29) is 18.1 Å². The Kier molecular flexibility index (Phi) is 4.83. The zero-order chi connectivity index (χ0) is 15.5. The van der Waals surface area contributed by atoms with Crippen LogP contribution >= 0.6 is 0 Å². The normalized spacial score (nSPS) is 25.4. The Morgan fingerprint density at radius 1 is 1.57 bits per heavy atom. The number of hydrogen-bond donors (Lipinski definition) is 2. The van der Waals surface area contributed by atoms with Crippen molar-refractivity contribution in [3.63, 3.8) is 0 Å². The predicted molar refractivity (Wildman–Crippen MR) is 83.3 cm³/mol. The first-order valence-corrected chi connectivity index (χ1v) is 7.52. The molecule has 5 heteroatoms. The van der Waals surface area contributed by atoms with Crippen LogP contribution in [-0.4, -0.2) is 47.1 Å². The molecular formula is C16H25N3O2. The third-order valence-electron chi connectivity index (χ3n) is 4.19. The van der Waals surface area contributed by atoms with Gasteiger partial charge in [0.2, 0.25) is 0 Å². The van der Waals surface area contributed by atoms with Gasteiger partial charge in [-0.05, 0) is 30.9 Å². The van der Waals surface area contributed by atoms with Crippen molar-refractivity contribution < 1.29 is 9.90 Å². The first-order chi connectivity index (χ1) is 9.96. The van der Waals surface area contributed by atoms with Crippen molar-refractivity contribution >= 4 is 11.6 Å². The number of nitrogens with one attached hydrogen (secondary N) is 1. The molecule has 1 amide bonds. The number of aliphatic hydroxyl groups is 1. The maximum Gasteiger partial charge on any atom is 0.272 e. The van der Waals surface area contributed by atoms with Gasteiger partial charge in [0, 0.05) is 26.0 Å². The Bertz CT molecular complexity index is 504. The number of aliphatic hydroxyl groups excluding tert-OH is 1. The van der Waals surface area contributed by atoms with Crippen LogP contribution in [0.3, 0.4) is 0 Å². The molecule has 116 valence electrons. The molecule has 1 aromatic heterocycles. The number of pyridine rings is 1. The summed E-state index contributed by atoms with van der Waals surface area (Å²) >= 11 is 0. The van der Waals surface area contributed by atoms with Crippen molar-refractivity contribution in [1.82, 2.24) is 9.88 Å². The molecule has 1 fully saturated rings. The highest BCUT2D eigenvalue weighted by Gasteiger charge is 2.34. The summed E-state index contributed by atoms with van der Waals surface area (Å²) in [4.78, 5) is 17.6. The van der Waals surface area contributed by atoms with Gasteiger partial charge in [-0.15, -0.1) is 0 Å². The second kappa shape index (κ2) is 6.43. The Balaban J connectivity index is 2.18. The fourth-order valence-corrected chi connectivity index (χ4v) is 3.12. The second-order valence-electron chi connectivity index (χ2n) is 6.39. The minimum absolute atomic E-state index is 0.108. The Labute approximate surface area is 126 Å². The monoisotopic (exact) mass is 291 g/mol. The summed E-state index contributed by atoms with van der Waals surface area (Å²) in [6.07, 6.45) is 5.86. The van der Waals surface area contributed by atoms with Crippen LogP contribution in [0.5, 0.6) is 0 Å². The van der Waals surface area contributed by atoms with Gasteiger partial charge in [0.15, 0.2) is 0 Å². The first kappa shape index (κ1) is 15.8. The van der Waals surface area contributed by atoms with Gasteiger partial charge in [0.25, 0.3) is 5.91 Å². The fourth-order valence-electron chi connectivity index (χ4n) is 3.12. The van der Waals surface area contributed by atoms with E-state index in [9.17, 15) is 9.90 Å². The average Bonchev–Trinajstić information content (AvgIpc) is 2.46. The van der Waals surface area contributed by atoms with Gasteiger partial charge in [-0.2, -0.15) is 0 Å². The summed E-state index contributed by atoms with van der Waals surface area (Å²) in [6.45, 7) is 2.33. The number of anilines is 1. The third kappa shape index (κ3) is 3.73. The highest BCUT2D eigenvalue weighted by molar-refractivity contribution is 5.92. The van der Waals surface area contributed by atoms with Crippen LogP contribution in [0.4, 0.5) is 5.69 Å². The topological polar surface area (TPSA) is 65.5 Å². The minimum Gasteiger partial charge on any atom is -0.394 e. The lowest BCUT2D eigenvalue weighted by Gasteiger charge is -2.40. The van der Waals surface area contributed by atoms with E-state index in [0.29, 0.717) is 11.6 Å². The number of nitrogens with zero attached hydrogens (tertiary/aromatic N) is 2. The summed E-state index contributed by atoms with van der Waals surface area (Å²) < 4.78 is 0. The van der Waals surface area contributed by atoms with Gasteiger partial charge < -0.3 is 15.3 Å². The molecule has 1 saturated carbocycles. The fraction of sp³-hybridized carbons (Fsp3) is 0.625. The Morgan fingerprint density at radius 3 is 2.95 bits per heavy atom. The molecule has 0 spiro atoms. The van der Waals surface area contributed by atoms with E-state index < -0.39 is 0 Å². The quantitative estimate of drug-likeness (QED) is 0.892. The Morgan fingerprint density at radius 2 is 2.33 bits per heavy atom. The van der Waals surface area contributed by atoms with E-state index in [2.05, 4.69) is 17.2 Å². The van der Waals surface area contributed by atoms with Crippen LogP contribution in [0.1, 0.15) is 43.1 Å². The van der Waals surface area contributed by atoms with Crippen molar-refractivity contribution in [3.05, 3.63) is 24.0 Å². The smallest absolute Gasteiger partial charge is 0.272 e. The van der Waals surface area contributed by atoms with Gasteiger partial charge in [-0.3, -0.25) is 9.78 Å². The van der Waals surface area contributed by atoms with E-state index in [1.54, 1.807) is 26.4 Å². The molecule has 2 N–H and O–H groups in total. The van der Waals surface area contributed by atoms with Crippen molar-refractivity contribution in [3.8, 4) is 0 Å². The number of aromatic nitrogens is 1. The summed E-state index contributed by atoms with van der Waals surface area (Å²) in [5.41, 5.74) is 0.984. The molecule has 1 aromatic rings. The van der Waals surface area contributed by atoms with Crippen molar-refractivity contribution in [2.75, 3.05) is 26.0 Å². The lowest BCUT2D eigenvalue weighted by molar-refractivity contribution is 0.0822. The highest BCUT2D eigenvalue weighted by Crippen LogP contribution is 2.34. The molecule has 2 rings (SSSR count). The lowest BCUT2D eigenvalue weighted by atomic mass is 9.76. The van der Waals surface area contributed by atoms with E-state index in [1.165, 1.54) is 11.3 Å². The van der Waals surface area contributed by atoms with Gasteiger partial charge >= 0.3 is 0 Å². The molecule has 21 heavy (non-hydrogen) atoms. The maximum absolute atomic E-state index is 12.0. The molecule has 1 aliphatic carbocycles. The number of carbonyl (C=O) groups is 1. The van der Waals surface area contributed by atoms with Crippen LogP contribution in [0.2, 0.25) is 0 Å². The molecule has 5 nitrogen and oxygen atoms in total. The summed E-state index contributed by atoms with van der Waals surface area (Å²) in [7, 11) is 3.42. The second-order valence-corrected chi connectivity index (χ2v) is 6.39. The number of carbonyl (C=O) groups excluding carboxylic acids is 1. The molecule has 0 aliphatic heterocycles. The van der Waals surface area contributed by atoms with Crippen LogP contribution in [-0.2, 0) is 0 Å². The van der Waals surface area contributed by atoms with Crippen LogP contribution < -0.4 is 5.32 Å². The van der Waals surface area contributed by atoms with E-state index in [4.69, 9.17) is 0 Å². The number of amides is 1. The highest BCUT2D eigenvalue weighted by atomic mass is 16.3. The number of rotatable bonds is 4. The SMILES string of the molecule is CC1CCCC(CO)(Nc2ccnc(C(=O)N(C)C)c2)C1. The van der Waals surface area contributed by atoms with Crippen molar-refractivity contribution in [1.29, 1.82) is 0 Å². The van der Waals surface area contributed by atoms with E-state index >= 15 is 0 Å². The van der Waals surface area contributed by atoms with Gasteiger partial charge in [-0.1, -0.05) is 19.8 Å². The maximum atomic E-state index is 12.0. The largest absolute Gasteiger partial charge is 0.394 e. The van der Waals surface area contributed by atoms with Gasteiger partial charge in [0.05, 0.1) is 12.1 Å². The number of hydrogen-bond acceptors (Lipinski definition) is 4. The van der Waals surface area contributed by atoms with Crippen LogP contribution in [0, 0.1) is 5.92 Å². The van der Waals surface area contributed by atoms with Crippen molar-refractivity contribution in [2.45, 2.75) is 38.1 Å². The summed E-state index contributed by atoms with van der Waals surface area (Å²) in [5, 5.41) is 13.3. The third-order valence-corrected chi connectivity index (χ3v) is 4.19. The van der Waals surface area contributed by atoms with E-state index in [1.807, 2.05) is 6.07 Å². The molecular weight excluding hydrogens is 266 g/mol. The molecule has 1 aliphatic rings. The van der Waals surface area contributed by atoms with Crippen molar-refractivity contribution in [2.24, 2.45) is 5.92 Å². The standard InChI is InChI=1S/C16H25N3O2/c1-12-5-4-7-16(10-12,11-20)18-13-6-8-17-14(9-13)15(21)19(2)3/h6,8-9,12,20H,4-5,7,10-11H2,1-3H3,(H,17,18). The van der Waals surface area contributed by atoms with E-state index in [0.717, 1.165) is 24.9 Å². The molecule has 1 heterocycles. The molecule has 0 saturated heterocycles. The zero-order valence-electron chi connectivity index (χ0n) is 13.1. The molecule has 0 aromatic carbocycles. The van der Waals surface area contributed by atoms with Crippen LogP contribution in [0.25, 0.3) is 0 Å². The van der Waals surface area contributed by atoms with Gasteiger partial charge in [-0.25, -0.2) is 0 Å². The zero-order valence-corrected chi connectivity index (χ0v) is 13.1. The summed E-state index contributed by atoms with van der Waals surface area (Å²) in [6, 6.07) is 3.61. The predicted octanol–water partition coefficient (Wildman–Crippen LogP) is 2.14. The van der Waals surface area contributed by atoms with Crippen LogP contribution in [0.15, 0.2) is 18.3 Å². The van der Waals surface area contributed by atoms with Gasteiger partial charge in [0.1, 0.15) is 5.69 Å². The molecule has 0 bridgehead atoms. The molecule has 0 radical (unpaired) electrons.